The van der Waals surface area contributed by atoms with Crippen molar-refractivity contribution in [2.75, 3.05) is 13.2 Å². The lowest BCUT2D eigenvalue weighted by molar-refractivity contribution is -0.167. The Balaban J connectivity index is 4.37. The summed E-state index contributed by atoms with van der Waals surface area (Å²) in [6, 6.07) is 0. The maximum absolute atomic E-state index is 12.8. The van der Waals surface area contributed by atoms with Crippen LogP contribution in [0.1, 0.15) is 278 Å². The summed E-state index contributed by atoms with van der Waals surface area (Å²) in [6.07, 6.45) is 62.4. The lowest BCUT2D eigenvalue weighted by atomic mass is 10.0. The summed E-state index contributed by atoms with van der Waals surface area (Å²) in [4.78, 5) is 38.0. The van der Waals surface area contributed by atoms with E-state index in [1.54, 1.807) is 0 Å². The van der Waals surface area contributed by atoms with Gasteiger partial charge >= 0.3 is 17.9 Å². The minimum atomic E-state index is -0.782. The zero-order valence-corrected chi connectivity index (χ0v) is 41.8. The van der Waals surface area contributed by atoms with Gasteiger partial charge in [-0.15, -0.1) is 0 Å². The fourth-order valence-corrected chi connectivity index (χ4v) is 7.75. The molecule has 0 aromatic rings. The average Bonchev–Trinajstić information content (AvgIpc) is 3.28. The number of carbonyl (C=O) groups is 3. The van der Waals surface area contributed by atoms with Gasteiger partial charge in [0.15, 0.2) is 6.10 Å². The summed E-state index contributed by atoms with van der Waals surface area (Å²) in [5, 5.41) is 0. The monoisotopic (exact) mass is 883 g/mol. The standard InChI is InChI=1S/C57H102O6/c1-4-7-10-13-16-19-22-25-27-28-30-32-35-38-41-44-47-50-56(59)62-53-54(52-61-55(58)49-46-43-40-37-34-31-24-21-18-15-12-9-6-3)63-57(60)51-48-45-42-39-36-33-29-26-23-20-17-14-11-8-5-2/h8,11,17,20-21,24,26,29,54H,4-7,9-10,12-16,18-19,22-23,25,27-28,30-53H2,1-3H3/b11-8-,20-17-,24-21-,29-26-/t54-/m1/s1. The fourth-order valence-electron chi connectivity index (χ4n) is 7.75. The van der Waals surface area contributed by atoms with Crippen LogP contribution >= 0.6 is 0 Å². The Morgan fingerprint density at radius 1 is 0.333 bits per heavy atom. The van der Waals surface area contributed by atoms with Gasteiger partial charge < -0.3 is 14.2 Å². The first-order valence-electron chi connectivity index (χ1n) is 27.1. The molecule has 0 heterocycles. The van der Waals surface area contributed by atoms with Gasteiger partial charge in [0, 0.05) is 19.3 Å². The highest BCUT2D eigenvalue weighted by atomic mass is 16.6. The van der Waals surface area contributed by atoms with Crippen molar-refractivity contribution in [1.29, 1.82) is 0 Å². The summed E-state index contributed by atoms with van der Waals surface area (Å²) >= 11 is 0. The summed E-state index contributed by atoms with van der Waals surface area (Å²) in [7, 11) is 0. The Kier molecular flexibility index (Phi) is 49.8. The highest BCUT2D eigenvalue weighted by Gasteiger charge is 2.19. The van der Waals surface area contributed by atoms with E-state index >= 15 is 0 Å². The molecule has 0 bridgehead atoms. The second-order valence-electron chi connectivity index (χ2n) is 18.1. The second kappa shape index (κ2) is 52.0. The molecule has 0 aliphatic heterocycles. The lowest BCUT2D eigenvalue weighted by Gasteiger charge is -2.18. The topological polar surface area (TPSA) is 78.9 Å². The first-order valence-corrected chi connectivity index (χ1v) is 27.1. The Labute approximate surface area is 390 Å². The average molecular weight is 883 g/mol. The van der Waals surface area contributed by atoms with Crippen molar-refractivity contribution in [3.63, 3.8) is 0 Å². The van der Waals surface area contributed by atoms with Crippen LogP contribution in [0, 0.1) is 0 Å². The van der Waals surface area contributed by atoms with Crippen molar-refractivity contribution in [1.82, 2.24) is 0 Å². The molecule has 0 amide bonds. The van der Waals surface area contributed by atoms with Crippen molar-refractivity contribution < 1.29 is 28.6 Å². The van der Waals surface area contributed by atoms with Crippen molar-refractivity contribution in [2.45, 2.75) is 284 Å². The van der Waals surface area contributed by atoms with Crippen molar-refractivity contribution in [2.24, 2.45) is 0 Å². The molecular formula is C57H102O6. The molecule has 0 rings (SSSR count). The van der Waals surface area contributed by atoms with E-state index in [4.69, 9.17) is 14.2 Å². The van der Waals surface area contributed by atoms with E-state index in [1.807, 2.05) is 0 Å². The van der Waals surface area contributed by atoms with E-state index in [9.17, 15) is 14.4 Å². The third-order valence-corrected chi connectivity index (χ3v) is 11.8. The van der Waals surface area contributed by atoms with Crippen LogP contribution in [0.25, 0.3) is 0 Å². The molecular weight excluding hydrogens is 781 g/mol. The highest BCUT2D eigenvalue weighted by molar-refractivity contribution is 5.71. The molecule has 6 nitrogen and oxygen atoms in total. The molecule has 0 N–H and O–H groups in total. The molecule has 1 atom stereocenters. The molecule has 63 heavy (non-hydrogen) atoms. The van der Waals surface area contributed by atoms with Crippen LogP contribution in [0.3, 0.4) is 0 Å². The quantitative estimate of drug-likeness (QED) is 0.0262. The van der Waals surface area contributed by atoms with E-state index in [0.29, 0.717) is 19.3 Å². The van der Waals surface area contributed by atoms with E-state index in [0.717, 1.165) is 103 Å². The largest absolute Gasteiger partial charge is 0.462 e. The molecule has 0 unspecified atom stereocenters. The highest BCUT2D eigenvalue weighted by Crippen LogP contribution is 2.16. The second-order valence-corrected chi connectivity index (χ2v) is 18.1. The van der Waals surface area contributed by atoms with Gasteiger partial charge in [0.05, 0.1) is 0 Å². The minimum absolute atomic E-state index is 0.0801. The maximum Gasteiger partial charge on any atom is 0.306 e. The molecule has 0 radical (unpaired) electrons. The van der Waals surface area contributed by atoms with Gasteiger partial charge in [-0.25, -0.2) is 0 Å². The minimum Gasteiger partial charge on any atom is -0.462 e. The number of esters is 3. The zero-order chi connectivity index (χ0) is 45.8. The van der Waals surface area contributed by atoms with Gasteiger partial charge in [-0.1, -0.05) is 230 Å². The molecule has 0 aliphatic rings. The zero-order valence-electron chi connectivity index (χ0n) is 41.8. The van der Waals surface area contributed by atoms with Crippen molar-refractivity contribution >= 4 is 17.9 Å². The third kappa shape index (κ3) is 50.2. The number of carbonyl (C=O) groups excluding carboxylic acids is 3. The van der Waals surface area contributed by atoms with Crippen LogP contribution < -0.4 is 0 Å². The van der Waals surface area contributed by atoms with Gasteiger partial charge in [0.2, 0.25) is 0 Å². The van der Waals surface area contributed by atoms with Crippen LogP contribution in [0.5, 0.6) is 0 Å². The van der Waals surface area contributed by atoms with Gasteiger partial charge in [0.1, 0.15) is 13.2 Å². The molecule has 6 heteroatoms. The predicted molar refractivity (Wildman–Crippen MR) is 270 cm³/mol. The number of unbranched alkanes of at least 4 members (excludes halogenated alkanes) is 30. The van der Waals surface area contributed by atoms with Crippen molar-refractivity contribution in [3.05, 3.63) is 48.6 Å². The summed E-state index contributed by atoms with van der Waals surface area (Å²) < 4.78 is 16.8. The Morgan fingerprint density at radius 3 is 1.00 bits per heavy atom. The lowest BCUT2D eigenvalue weighted by Crippen LogP contribution is -2.30. The van der Waals surface area contributed by atoms with Crippen LogP contribution in [0.15, 0.2) is 48.6 Å². The van der Waals surface area contributed by atoms with Gasteiger partial charge in [-0.05, 0) is 77.0 Å². The molecule has 366 valence electrons. The molecule has 0 aliphatic carbocycles. The molecule has 0 aromatic carbocycles. The predicted octanol–water partition coefficient (Wildman–Crippen LogP) is 17.9. The number of rotatable bonds is 49. The summed E-state index contributed by atoms with van der Waals surface area (Å²) in [5.41, 5.74) is 0. The molecule has 0 aromatic heterocycles. The number of allylic oxidation sites excluding steroid dienone is 8. The third-order valence-electron chi connectivity index (χ3n) is 11.8. The Morgan fingerprint density at radius 2 is 0.619 bits per heavy atom. The van der Waals surface area contributed by atoms with Gasteiger partial charge in [-0.2, -0.15) is 0 Å². The van der Waals surface area contributed by atoms with E-state index < -0.39 is 6.10 Å². The fraction of sp³-hybridized carbons (Fsp3) is 0.807. The first-order chi connectivity index (χ1) is 31.0. The van der Waals surface area contributed by atoms with E-state index in [1.165, 1.54) is 135 Å². The molecule has 0 spiro atoms. The summed E-state index contributed by atoms with van der Waals surface area (Å²) in [6.45, 7) is 6.52. The van der Waals surface area contributed by atoms with Crippen LogP contribution in [0.4, 0.5) is 0 Å². The summed E-state index contributed by atoms with van der Waals surface area (Å²) in [5.74, 6) is -0.896. The SMILES string of the molecule is CC/C=C\C/C=C\C/C=C\CCCCCCCC(=O)O[C@H](COC(=O)CCCCCCC/C=C\CCCCCC)COC(=O)CCCCCCCCCCCCCCCCCCC. The van der Waals surface area contributed by atoms with Gasteiger partial charge in [-0.3, -0.25) is 14.4 Å². The number of hydrogen-bond donors (Lipinski definition) is 0. The number of ether oxygens (including phenoxy) is 3. The van der Waals surface area contributed by atoms with Crippen LogP contribution in [0.2, 0.25) is 0 Å². The number of hydrogen-bond acceptors (Lipinski definition) is 6. The van der Waals surface area contributed by atoms with Crippen molar-refractivity contribution in [3.8, 4) is 0 Å². The molecule has 0 saturated carbocycles. The van der Waals surface area contributed by atoms with Gasteiger partial charge in [0.25, 0.3) is 0 Å². The Bertz CT molecular complexity index is 1110. The van der Waals surface area contributed by atoms with E-state index in [2.05, 4.69) is 69.4 Å². The first kappa shape index (κ1) is 60.4. The van der Waals surface area contributed by atoms with Crippen LogP contribution in [-0.4, -0.2) is 37.2 Å². The molecule has 0 saturated heterocycles. The smallest absolute Gasteiger partial charge is 0.306 e. The normalized spacial score (nSPS) is 12.4. The maximum atomic E-state index is 12.8. The van der Waals surface area contributed by atoms with E-state index in [-0.39, 0.29) is 31.1 Å². The molecule has 0 fully saturated rings. The Hall–Kier alpha value is -2.63. The van der Waals surface area contributed by atoms with Crippen LogP contribution in [-0.2, 0) is 28.6 Å².